The zero-order valence-corrected chi connectivity index (χ0v) is 9.38. The molecule has 82 valence electrons. The van der Waals surface area contributed by atoms with Crippen molar-refractivity contribution in [3.05, 3.63) is 0 Å². The topological polar surface area (TPSA) is 32.3 Å². The molecule has 0 amide bonds. The fourth-order valence-electron chi connectivity index (χ4n) is 1.96. The number of carbonyl (C=O) groups excluding carboxylic acids is 1. The fraction of sp³-hybridized carbons (Fsp3) is 0.909. The molecule has 0 radical (unpaired) electrons. The molecule has 3 heteroatoms. The van der Waals surface area contributed by atoms with Crippen molar-refractivity contribution >= 4 is 5.78 Å². The normalized spacial score (nSPS) is 22.9. The molecule has 0 bridgehead atoms. The van der Waals surface area contributed by atoms with Crippen LogP contribution >= 0.6 is 0 Å². The van der Waals surface area contributed by atoms with E-state index in [1.165, 1.54) is 19.5 Å². The Balaban J connectivity index is 1.91. The summed E-state index contributed by atoms with van der Waals surface area (Å²) in [6.07, 6.45) is 3.02. The minimum atomic E-state index is 0.299. The number of rotatable bonds is 6. The van der Waals surface area contributed by atoms with Crippen molar-refractivity contribution in [3.63, 3.8) is 0 Å². The third kappa shape index (κ3) is 4.72. The van der Waals surface area contributed by atoms with Gasteiger partial charge in [-0.1, -0.05) is 0 Å². The Morgan fingerprint density at radius 3 is 2.93 bits per heavy atom. The van der Waals surface area contributed by atoms with Gasteiger partial charge < -0.3 is 15.0 Å². The van der Waals surface area contributed by atoms with Gasteiger partial charge in [0, 0.05) is 13.0 Å². The van der Waals surface area contributed by atoms with Crippen molar-refractivity contribution < 1.29 is 4.79 Å². The van der Waals surface area contributed by atoms with Crippen LogP contribution in [0.2, 0.25) is 0 Å². The summed E-state index contributed by atoms with van der Waals surface area (Å²) in [5.74, 6) is 1.12. The highest BCUT2D eigenvalue weighted by Crippen LogP contribution is 2.12. The van der Waals surface area contributed by atoms with E-state index in [9.17, 15) is 4.79 Å². The molecule has 3 nitrogen and oxygen atoms in total. The van der Waals surface area contributed by atoms with Gasteiger partial charge in [0.05, 0.1) is 0 Å². The Kier molecular flexibility index (Phi) is 5.12. The van der Waals surface area contributed by atoms with Crippen LogP contribution in [0.25, 0.3) is 0 Å². The molecule has 0 aromatic heterocycles. The van der Waals surface area contributed by atoms with Gasteiger partial charge in [-0.25, -0.2) is 0 Å². The van der Waals surface area contributed by atoms with Gasteiger partial charge in [0.1, 0.15) is 5.78 Å². The maximum absolute atomic E-state index is 10.7. The Hall–Kier alpha value is -0.410. The number of hydrogen-bond acceptors (Lipinski definition) is 3. The quantitative estimate of drug-likeness (QED) is 0.644. The molecule has 1 heterocycles. The molecule has 1 fully saturated rings. The summed E-state index contributed by atoms with van der Waals surface area (Å²) < 4.78 is 0. The molecule has 1 atom stereocenters. The summed E-state index contributed by atoms with van der Waals surface area (Å²) in [6, 6.07) is 0. The van der Waals surface area contributed by atoms with E-state index in [-0.39, 0.29) is 0 Å². The molecule has 0 spiro atoms. The molecule has 0 saturated carbocycles. The molecule has 1 N–H and O–H groups in total. The predicted molar refractivity (Wildman–Crippen MR) is 58.4 cm³/mol. The van der Waals surface area contributed by atoms with Gasteiger partial charge in [0.2, 0.25) is 0 Å². The van der Waals surface area contributed by atoms with E-state index in [1.54, 1.807) is 6.92 Å². The molecule has 14 heavy (non-hydrogen) atoms. The minimum absolute atomic E-state index is 0.299. The first kappa shape index (κ1) is 11.7. The summed E-state index contributed by atoms with van der Waals surface area (Å²) >= 11 is 0. The number of nitrogens with one attached hydrogen (secondary N) is 1. The molecule has 1 aliphatic rings. The molecule has 1 rings (SSSR count). The fourth-order valence-corrected chi connectivity index (χ4v) is 1.96. The van der Waals surface area contributed by atoms with Crippen molar-refractivity contribution in [1.82, 2.24) is 10.2 Å². The monoisotopic (exact) mass is 198 g/mol. The van der Waals surface area contributed by atoms with Crippen LogP contribution in [0.15, 0.2) is 0 Å². The average Bonchev–Trinajstić information content (AvgIpc) is 2.50. The van der Waals surface area contributed by atoms with Crippen LogP contribution in [0.3, 0.4) is 0 Å². The van der Waals surface area contributed by atoms with Crippen molar-refractivity contribution in [2.75, 3.05) is 33.2 Å². The third-order valence-corrected chi connectivity index (χ3v) is 2.80. The second kappa shape index (κ2) is 6.14. The SMILES string of the molecule is CC(=O)CCCNCC1CCN(C)C1. The van der Waals surface area contributed by atoms with Crippen LogP contribution in [-0.2, 0) is 4.79 Å². The zero-order valence-electron chi connectivity index (χ0n) is 9.38. The Morgan fingerprint density at radius 2 is 2.36 bits per heavy atom. The highest BCUT2D eigenvalue weighted by molar-refractivity contribution is 5.75. The molecule has 1 saturated heterocycles. The number of hydrogen-bond donors (Lipinski definition) is 1. The van der Waals surface area contributed by atoms with Crippen LogP contribution in [0.4, 0.5) is 0 Å². The van der Waals surface area contributed by atoms with Crippen LogP contribution in [0.5, 0.6) is 0 Å². The van der Waals surface area contributed by atoms with E-state index in [4.69, 9.17) is 0 Å². The predicted octanol–water partition coefficient (Wildman–Crippen LogP) is 0.897. The Labute approximate surface area is 86.9 Å². The van der Waals surface area contributed by atoms with Crippen LogP contribution < -0.4 is 5.32 Å². The minimum Gasteiger partial charge on any atom is -0.316 e. The summed E-state index contributed by atoms with van der Waals surface area (Å²) in [6.45, 7) is 6.22. The first-order chi connectivity index (χ1) is 6.68. The van der Waals surface area contributed by atoms with E-state index < -0.39 is 0 Å². The lowest BCUT2D eigenvalue weighted by atomic mass is 10.1. The van der Waals surface area contributed by atoms with Crippen molar-refractivity contribution in [1.29, 1.82) is 0 Å². The van der Waals surface area contributed by atoms with Gasteiger partial charge in [-0.2, -0.15) is 0 Å². The van der Waals surface area contributed by atoms with Gasteiger partial charge in [-0.15, -0.1) is 0 Å². The number of likely N-dealkylation sites (tertiary alicyclic amines) is 1. The standard InChI is InChI=1S/C11H22N2O/c1-10(14)4-3-6-12-8-11-5-7-13(2)9-11/h11-12H,3-9H2,1-2H3. The zero-order chi connectivity index (χ0) is 10.4. The average molecular weight is 198 g/mol. The summed E-state index contributed by atoms with van der Waals surface area (Å²) in [7, 11) is 2.18. The number of carbonyl (C=O) groups is 1. The highest BCUT2D eigenvalue weighted by Gasteiger charge is 2.18. The largest absolute Gasteiger partial charge is 0.316 e. The maximum Gasteiger partial charge on any atom is 0.129 e. The van der Waals surface area contributed by atoms with Crippen LogP contribution in [-0.4, -0.2) is 43.9 Å². The molecule has 1 aliphatic heterocycles. The van der Waals surface area contributed by atoms with Crippen molar-refractivity contribution in [3.8, 4) is 0 Å². The molecule has 0 aliphatic carbocycles. The van der Waals surface area contributed by atoms with E-state index >= 15 is 0 Å². The second-order valence-corrected chi connectivity index (χ2v) is 4.43. The van der Waals surface area contributed by atoms with Gasteiger partial charge >= 0.3 is 0 Å². The molecular weight excluding hydrogens is 176 g/mol. The molecular formula is C11H22N2O. The molecule has 1 unspecified atom stereocenters. The van der Waals surface area contributed by atoms with Crippen LogP contribution in [0.1, 0.15) is 26.2 Å². The van der Waals surface area contributed by atoms with Crippen LogP contribution in [0, 0.1) is 5.92 Å². The third-order valence-electron chi connectivity index (χ3n) is 2.80. The van der Waals surface area contributed by atoms with E-state index in [2.05, 4.69) is 17.3 Å². The van der Waals surface area contributed by atoms with E-state index in [0.29, 0.717) is 5.78 Å². The number of ketones is 1. The van der Waals surface area contributed by atoms with Gasteiger partial charge in [0.15, 0.2) is 0 Å². The van der Waals surface area contributed by atoms with Gasteiger partial charge in [0.25, 0.3) is 0 Å². The maximum atomic E-state index is 10.7. The number of nitrogens with zero attached hydrogens (tertiary/aromatic N) is 1. The van der Waals surface area contributed by atoms with Crippen molar-refractivity contribution in [2.24, 2.45) is 5.92 Å². The lowest BCUT2D eigenvalue weighted by Gasteiger charge is -2.11. The summed E-state index contributed by atoms with van der Waals surface area (Å²) in [5.41, 5.74) is 0. The summed E-state index contributed by atoms with van der Waals surface area (Å²) in [5, 5.41) is 3.42. The Morgan fingerprint density at radius 1 is 1.57 bits per heavy atom. The molecule has 0 aromatic rings. The summed E-state index contributed by atoms with van der Waals surface area (Å²) in [4.78, 5) is 13.0. The first-order valence-corrected chi connectivity index (χ1v) is 5.57. The Bertz CT molecular complexity index is 182. The number of Topliss-reactive ketones (excluding diaryl/α,β-unsaturated/α-hetero) is 1. The van der Waals surface area contributed by atoms with Crippen molar-refractivity contribution in [2.45, 2.75) is 26.2 Å². The molecule has 0 aromatic carbocycles. The smallest absolute Gasteiger partial charge is 0.129 e. The van der Waals surface area contributed by atoms with Gasteiger partial charge in [-0.3, -0.25) is 0 Å². The lowest BCUT2D eigenvalue weighted by Crippen LogP contribution is -2.26. The second-order valence-electron chi connectivity index (χ2n) is 4.43. The first-order valence-electron chi connectivity index (χ1n) is 5.57. The highest BCUT2D eigenvalue weighted by atomic mass is 16.1. The van der Waals surface area contributed by atoms with E-state index in [1.807, 2.05) is 0 Å². The van der Waals surface area contributed by atoms with Gasteiger partial charge in [-0.05, 0) is 52.4 Å². The lowest BCUT2D eigenvalue weighted by molar-refractivity contribution is -0.117. The van der Waals surface area contributed by atoms with E-state index in [0.717, 1.165) is 31.8 Å².